The first-order valence-electron chi connectivity index (χ1n) is 10.4. The number of halogens is 2. The maximum Gasteiger partial charge on any atom is 0.407 e. The Morgan fingerprint density at radius 3 is 2.56 bits per heavy atom. The molecule has 1 fully saturated rings. The molecule has 1 atom stereocenters. The zero-order valence-corrected chi connectivity index (χ0v) is 19.1. The first kappa shape index (κ1) is 24.3. The van der Waals surface area contributed by atoms with E-state index in [0.29, 0.717) is 36.3 Å². The quantitative estimate of drug-likeness (QED) is 0.585. The average Bonchev–Trinajstić information content (AvgIpc) is 2.80. The van der Waals surface area contributed by atoms with Crippen molar-refractivity contribution in [2.45, 2.75) is 25.7 Å². The molecule has 32 heavy (non-hydrogen) atoms. The fourth-order valence-electron chi connectivity index (χ4n) is 3.21. The number of hydrogen-bond donors (Lipinski definition) is 1. The largest absolute Gasteiger partial charge is 0.445 e. The summed E-state index contributed by atoms with van der Waals surface area (Å²) in [6.07, 6.45) is -0.602. The van der Waals surface area contributed by atoms with Crippen LogP contribution in [0, 0.1) is 0 Å². The number of nitrogens with one attached hydrogen (secondary N) is 1. The Hall–Kier alpha value is -2.32. The molecule has 0 spiro atoms. The van der Waals surface area contributed by atoms with Crippen molar-refractivity contribution in [2.24, 2.45) is 0 Å². The number of morpholine rings is 1. The second kappa shape index (κ2) is 12.6. The number of hydrogen-bond acceptors (Lipinski definition) is 5. The third-order valence-electron chi connectivity index (χ3n) is 4.92. The third-order valence-corrected chi connectivity index (χ3v) is 5.63. The van der Waals surface area contributed by atoms with Gasteiger partial charge in [0.05, 0.1) is 25.9 Å². The van der Waals surface area contributed by atoms with Crippen LogP contribution in [0.2, 0.25) is 10.0 Å². The molecule has 2 aromatic carbocycles. The van der Waals surface area contributed by atoms with Crippen LogP contribution in [0.3, 0.4) is 0 Å². The van der Waals surface area contributed by atoms with Gasteiger partial charge in [0.15, 0.2) is 0 Å². The average molecular weight is 481 g/mol. The normalized spacial score (nSPS) is 15.9. The van der Waals surface area contributed by atoms with E-state index in [1.807, 2.05) is 30.3 Å². The molecule has 9 heteroatoms. The number of rotatable bonds is 9. The summed E-state index contributed by atoms with van der Waals surface area (Å²) in [5, 5.41) is 3.71. The van der Waals surface area contributed by atoms with E-state index in [1.54, 1.807) is 23.1 Å². The van der Waals surface area contributed by atoms with E-state index in [9.17, 15) is 9.59 Å². The van der Waals surface area contributed by atoms with Crippen LogP contribution in [0.1, 0.15) is 17.5 Å². The van der Waals surface area contributed by atoms with E-state index in [4.69, 9.17) is 37.4 Å². The fraction of sp³-hybridized carbons (Fsp3) is 0.391. The molecular formula is C23H26Cl2N2O5. The number of nitrogens with zero attached hydrogens (tertiary/aromatic N) is 1. The van der Waals surface area contributed by atoms with Gasteiger partial charge in [-0.3, -0.25) is 4.79 Å². The lowest BCUT2D eigenvalue weighted by Gasteiger charge is -2.33. The van der Waals surface area contributed by atoms with Gasteiger partial charge in [0.1, 0.15) is 6.61 Å². The molecule has 172 valence electrons. The van der Waals surface area contributed by atoms with E-state index in [1.165, 1.54) is 0 Å². The minimum Gasteiger partial charge on any atom is -0.445 e. The summed E-state index contributed by atoms with van der Waals surface area (Å²) in [6.45, 7) is 2.33. The second-order valence-corrected chi connectivity index (χ2v) is 8.10. The molecule has 1 heterocycles. The Morgan fingerprint density at radius 2 is 1.81 bits per heavy atom. The van der Waals surface area contributed by atoms with Crippen molar-refractivity contribution in [1.82, 2.24) is 10.2 Å². The van der Waals surface area contributed by atoms with Crippen molar-refractivity contribution >= 4 is 35.2 Å². The van der Waals surface area contributed by atoms with Gasteiger partial charge in [-0.05, 0) is 17.7 Å². The van der Waals surface area contributed by atoms with Crippen molar-refractivity contribution in [3.63, 3.8) is 0 Å². The monoisotopic (exact) mass is 480 g/mol. The van der Waals surface area contributed by atoms with Crippen LogP contribution in [0.25, 0.3) is 0 Å². The summed E-state index contributed by atoms with van der Waals surface area (Å²) in [6, 6.07) is 14.7. The molecule has 2 aromatic rings. The lowest BCUT2D eigenvalue weighted by Crippen LogP contribution is -2.47. The lowest BCUT2D eigenvalue weighted by atomic mass is 10.2. The van der Waals surface area contributed by atoms with Crippen LogP contribution < -0.4 is 5.32 Å². The Balaban J connectivity index is 1.33. The zero-order valence-electron chi connectivity index (χ0n) is 17.6. The van der Waals surface area contributed by atoms with Gasteiger partial charge in [-0.2, -0.15) is 0 Å². The van der Waals surface area contributed by atoms with Crippen molar-refractivity contribution < 1.29 is 23.8 Å². The number of carbonyl (C=O) groups is 2. The molecule has 1 saturated heterocycles. The van der Waals surface area contributed by atoms with Crippen molar-refractivity contribution in [3.8, 4) is 0 Å². The summed E-state index contributed by atoms with van der Waals surface area (Å²) < 4.78 is 16.6. The number of amides is 2. The number of ether oxygens (including phenoxy) is 3. The Labute approximate surface area is 197 Å². The lowest BCUT2D eigenvalue weighted by molar-refractivity contribution is -0.141. The minimum atomic E-state index is -0.548. The molecule has 0 unspecified atom stereocenters. The van der Waals surface area contributed by atoms with Gasteiger partial charge in [-0.1, -0.05) is 59.6 Å². The highest BCUT2D eigenvalue weighted by Crippen LogP contribution is 2.25. The molecular weight excluding hydrogens is 455 g/mol. The SMILES string of the molecule is O=C(NCCC(=O)N1CCO[C@@H](COCc2c(Cl)cccc2Cl)C1)OCc1ccccc1. The first-order valence-corrected chi connectivity index (χ1v) is 11.1. The van der Waals surface area contributed by atoms with E-state index in [0.717, 1.165) is 11.1 Å². The maximum atomic E-state index is 12.5. The van der Waals surface area contributed by atoms with Gasteiger partial charge < -0.3 is 24.4 Å². The summed E-state index contributed by atoms with van der Waals surface area (Å²) in [5.41, 5.74) is 1.63. The van der Waals surface area contributed by atoms with Gasteiger partial charge >= 0.3 is 6.09 Å². The fourth-order valence-corrected chi connectivity index (χ4v) is 3.72. The molecule has 0 radical (unpaired) electrons. The van der Waals surface area contributed by atoms with Crippen LogP contribution in [0.5, 0.6) is 0 Å². The van der Waals surface area contributed by atoms with Crippen LogP contribution in [-0.2, 0) is 32.2 Å². The smallest absolute Gasteiger partial charge is 0.407 e. The highest BCUT2D eigenvalue weighted by Gasteiger charge is 2.24. The Kier molecular flexibility index (Phi) is 9.62. The molecule has 0 aliphatic carbocycles. The van der Waals surface area contributed by atoms with Gasteiger partial charge in [-0.15, -0.1) is 0 Å². The predicted molar refractivity (Wildman–Crippen MR) is 122 cm³/mol. The van der Waals surface area contributed by atoms with Crippen molar-refractivity contribution in [1.29, 1.82) is 0 Å². The highest BCUT2D eigenvalue weighted by atomic mass is 35.5. The number of carbonyl (C=O) groups excluding carboxylic acids is 2. The van der Waals surface area contributed by atoms with Crippen LogP contribution in [0.15, 0.2) is 48.5 Å². The Bertz CT molecular complexity index is 877. The maximum absolute atomic E-state index is 12.5. The van der Waals surface area contributed by atoms with Crippen molar-refractivity contribution in [3.05, 3.63) is 69.7 Å². The van der Waals surface area contributed by atoms with Crippen molar-refractivity contribution in [2.75, 3.05) is 32.8 Å². The number of alkyl carbamates (subject to hydrolysis) is 1. The molecule has 0 bridgehead atoms. The van der Waals surface area contributed by atoms with E-state index < -0.39 is 6.09 Å². The molecule has 1 aliphatic rings. The van der Waals surface area contributed by atoms with Crippen LogP contribution in [0.4, 0.5) is 4.79 Å². The van der Waals surface area contributed by atoms with Crippen LogP contribution >= 0.6 is 23.2 Å². The van der Waals surface area contributed by atoms with Gasteiger partial charge in [-0.25, -0.2) is 4.79 Å². The minimum absolute atomic E-state index is 0.0594. The standard InChI is InChI=1S/C23H26Cl2N2O5/c24-20-7-4-8-21(25)19(20)16-30-15-18-13-27(11-12-31-18)22(28)9-10-26-23(29)32-14-17-5-2-1-3-6-17/h1-8,18H,9-16H2,(H,26,29)/t18-/m1/s1. The van der Waals surface area contributed by atoms with Gasteiger partial charge in [0, 0.05) is 41.7 Å². The molecule has 1 N–H and O–H groups in total. The summed E-state index contributed by atoms with van der Waals surface area (Å²) in [5.74, 6) is -0.0594. The van der Waals surface area contributed by atoms with E-state index in [-0.39, 0.29) is 38.2 Å². The molecule has 0 aromatic heterocycles. The third kappa shape index (κ3) is 7.67. The summed E-state index contributed by atoms with van der Waals surface area (Å²) in [4.78, 5) is 26.0. The first-order chi connectivity index (χ1) is 15.5. The van der Waals surface area contributed by atoms with Gasteiger partial charge in [0.2, 0.25) is 5.91 Å². The van der Waals surface area contributed by atoms with Crippen LogP contribution in [-0.4, -0.2) is 55.9 Å². The second-order valence-electron chi connectivity index (χ2n) is 7.29. The topological polar surface area (TPSA) is 77.1 Å². The zero-order chi connectivity index (χ0) is 22.8. The molecule has 1 aliphatic heterocycles. The van der Waals surface area contributed by atoms with Gasteiger partial charge in [0.25, 0.3) is 0 Å². The predicted octanol–water partition coefficient (Wildman–Crippen LogP) is 4.05. The number of benzene rings is 2. The molecule has 0 saturated carbocycles. The highest BCUT2D eigenvalue weighted by molar-refractivity contribution is 6.35. The van der Waals surface area contributed by atoms with E-state index >= 15 is 0 Å². The molecule has 7 nitrogen and oxygen atoms in total. The molecule has 2 amide bonds. The summed E-state index contributed by atoms with van der Waals surface area (Å²) in [7, 11) is 0. The van der Waals surface area contributed by atoms with E-state index in [2.05, 4.69) is 5.32 Å². The summed E-state index contributed by atoms with van der Waals surface area (Å²) >= 11 is 12.3. The molecule has 3 rings (SSSR count). The Morgan fingerprint density at radius 1 is 1.06 bits per heavy atom.